The molecule has 0 bridgehead atoms. The first-order chi connectivity index (χ1) is 16.0. The number of carbonyl (C=O) groups is 1. The number of morpholine rings is 2. The molecule has 3 saturated heterocycles. The molecule has 1 aromatic carbocycles. The number of hydrogen-bond donors (Lipinski definition) is 2. The van der Waals surface area contributed by atoms with Crippen molar-refractivity contribution in [2.45, 2.75) is 23.9 Å². The van der Waals surface area contributed by atoms with Gasteiger partial charge in [-0.25, -0.2) is 13.2 Å². The average molecular weight is 483 g/mol. The van der Waals surface area contributed by atoms with E-state index in [2.05, 4.69) is 15.5 Å². The summed E-state index contributed by atoms with van der Waals surface area (Å²) < 4.78 is 43.2. The predicted octanol–water partition coefficient (Wildman–Crippen LogP) is 0.244. The number of ether oxygens (including phenoxy) is 3. The fourth-order valence-corrected chi connectivity index (χ4v) is 5.92. The van der Waals surface area contributed by atoms with Crippen molar-refractivity contribution in [3.8, 4) is 0 Å². The zero-order valence-corrected chi connectivity index (χ0v) is 19.7. The maximum absolute atomic E-state index is 12.7. The van der Waals surface area contributed by atoms with Crippen LogP contribution in [0.4, 0.5) is 4.79 Å². The van der Waals surface area contributed by atoms with Crippen LogP contribution in [0.5, 0.6) is 0 Å². The Bertz CT molecular complexity index is 863. The van der Waals surface area contributed by atoms with Gasteiger partial charge in [-0.1, -0.05) is 12.1 Å². The first-order valence-corrected chi connectivity index (χ1v) is 13.1. The summed E-state index contributed by atoms with van der Waals surface area (Å²) in [6, 6.07) is 6.65. The zero-order valence-electron chi connectivity index (χ0n) is 18.9. The van der Waals surface area contributed by atoms with Gasteiger partial charge in [0.25, 0.3) is 0 Å². The van der Waals surface area contributed by atoms with E-state index in [4.69, 9.17) is 14.2 Å². The van der Waals surface area contributed by atoms with E-state index in [1.54, 1.807) is 24.3 Å². The van der Waals surface area contributed by atoms with Crippen LogP contribution in [0.2, 0.25) is 0 Å². The van der Waals surface area contributed by atoms with Crippen molar-refractivity contribution in [1.29, 1.82) is 0 Å². The first kappa shape index (κ1) is 24.4. The lowest BCUT2D eigenvalue weighted by Crippen LogP contribution is -2.53. The number of sulfonamides is 1. The number of nitrogens with one attached hydrogen (secondary N) is 2. The Morgan fingerprint density at radius 3 is 2.24 bits per heavy atom. The van der Waals surface area contributed by atoms with Crippen LogP contribution in [0.15, 0.2) is 29.2 Å². The van der Waals surface area contributed by atoms with Gasteiger partial charge in [0.1, 0.15) is 0 Å². The smallest absolute Gasteiger partial charge is 0.315 e. The summed E-state index contributed by atoms with van der Waals surface area (Å²) in [5.74, 6) is 0.407. The number of nitrogens with zero attached hydrogens (tertiary/aromatic N) is 2. The molecule has 0 radical (unpaired) electrons. The highest BCUT2D eigenvalue weighted by Gasteiger charge is 2.31. The van der Waals surface area contributed by atoms with Crippen molar-refractivity contribution in [3.05, 3.63) is 29.8 Å². The van der Waals surface area contributed by atoms with Gasteiger partial charge in [-0.3, -0.25) is 4.90 Å². The van der Waals surface area contributed by atoms with Crippen LogP contribution in [0, 0.1) is 5.92 Å². The van der Waals surface area contributed by atoms with Crippen LogP contribution < -0.4 is 10.6 Å². The first-order valence-electron chi connectivity index (χ1n) is 11.6. The van der Waals surface area contributed by atoms with Gasteiger partial charge in [-0.05, 0) is 24.1 Å². The Hall–Kier alpha value is -1.76. The highest BCUT2D eigenvalue weighted by Crippen LogP contribution is 2.22. The molecule has 4 rings (SSSR count). The number of benzene rings is 1. The van der Waals surface area contributed by atoms with Gasteiger partial charge in [0.05, 0.1) is 37.9 Å². The van der Waals surface area contributed by atoms with Crippen LogP contribution in [-0.4, -0.2) is 102 Å². The quantitative estimate of drug-likeness (QED) is 0.546. The standard InChI is InChI=1S/C22H34N4O6S/c27-22(24-16-21(19-5-10-32-17-19)25-6-11-30-12-7-25)23-15-18-1-3-20(4-2-18)33(28,29)26-8-13-31-14-9-26/h1-4,19,21H,5-17H2,(H2,23,24,27)/t19-,21-/m0/s1. The van der Waals surface area contributed by atoms with Crippen molar-refractivity contribution in [3.63, 3.8) is 0 Å². The molecule has 1 aromatic rings. The molecule has 3 fully saturated rings. The van der Waals surface area contributed by atoms with Gasteiger partial charge in [0, 0.05) is 57.8 Å². The van der Waals surface area contributed by atoms with E-state index in [9.17, 15) is 13.2 Å². The van der Waals surface area contributed by atoms with Crippen LogP contribution in [-0.2, 0) is 30.8 Å². The molecular formula is C22H34N4O6S. The third kappa shape index (κ3) is 6.43. The maximum Gasteiger partial charge on any atom is 0.315 e. The van der Waals surface area contributed by atoms with Crippen molar-refractivity contribution >= 4 is 16.1 Å². The topological polar surface area (TPSA) is 109 Å². The summed E-state index contributed by atoms with van der Waals surface area (Å²) in [6.07, 6.45) is 1.00. The van der Waals surface area contributed by atoms with E-state index in [0.717, 1.165) is 38.3 Å². The molecule has 0 aliphatic carbocycles. The maximum atomic E-state index is 12.7. The molecule has 0 saturated carbocycles. The van der Waals surface area contributed by atoms with Gasteiger partial charge in [0.2, 0.25) is 10.0 Å². The van der Waals surface area contributed by atoms with E-state index in [1.165, 1.54) is 4.31 Å². The fraction of sp³-hybridized carbons (Fsp3) is 0.682. The molecule has 3 aliphatic rings. The minimum Gasteiger partial charge on any atom is -0.381 e. The number of amides is 2. The van der Waals surface area contributed by atoms with E-state index in [1.807, 2.05) is 0 Å². The SMILES string of the molecule is O=C(NCc1ccc(S(=O)(=O)N2CCOCC2)cc1)NC[C@@H]([C@H]1CCOC1)N1CCOCC1. The molecule has 10 nitrogen and oxygen atoms in total. The Balaban J connectivity index is 1.26. The van der Waals surface area contributed by atoms with Crippen molar-refractivity contribution in [1.82, 2.24) is 19.8 Å². The van der Waals surface area contributed by atoms with Gasteiger partial charge >= 0.3 is 6.03 Å². The Morgan fingerprint density at radius 2 is 1.61 bits per heavy atom. The third-order valence-corrected chi connectivity index (χ3v) is 8.39. The second-order valence-corrected chi connectivity index (χ2v) is 10.5. The molecule has 11 heteroatoms. The molecule has 2 N–H and O–H groups in total. The molecule has 3 aliphatic heterocycles. The molecule has 2 amide bonds. The summed E-state index contributed by atoms with van der Waals surface area (Å²) in [4.78, 5) is 15.1. The van der Waals surface area contributed by atoms with Gasteiger partial charge in [0.15, 0.2) is 0 Å². The lowest BCUT2D eigenvalue weighted by atomic mass is 9.97. The van der Waals surface area contributed by atoms with Crippen molar-refractivity contribution in [2.24, 2.45) is 5.92 Å². The Morgan fingerprint density at radius 1 is 0.939 bits per heavy atom. The minimum atomic E-state index is -3.52. The molecular weight excluding hydrogens is 448 g/mol. The number of rotatable bonds is 8. The van der Waals surface area contributed by atoms with Crippen LogP contribution >= 0.6 is 0 Å². The van der Waals surface area contributed by atoms with Crippen molar-refractivity contribution in [2.75, 3.05) is 72.4 Å². The molecule has 0 spiro atoms. The normalized spacial score (nSPS) is 23.8. The lowest BCUT2D eigenvalue weighted by molar-refractivity contribution is 0.00212. The molecule has 33 heavy (non-hydrogen) atoms. The van der Waals surface area contributed by atoms with Gasteiger partial charge in [-0.15, -0.1) is 0 Å². The summed E-state index contributed by atoms with van der Waals surface area (Å²) in [7, 11) is -3.52. The minimum absolute atomic E-state index is 0.229. The second-order valence-electron chi connectivity index (χ2n) is 8.56. The van der Waals surface area contributed by atoms with Crippen molar-refractivity contribution < 1.29 is 27.4 Å². The highest BCUT2D eigenvalue weighted by molar-refractivity contribution is 7.89. The molecule has 184 valence electrons. The highest BCUT2D eigenvalue weighted by atomic mass is 32.2. The number of hydrogen-bond acceptors (Lipinski definition) is 7. The molecule has 2 atom stereocenters. The van der Waals surface area contributed by atoms with Gasteiger partial charge in [-0.2, -0.15) is 4.31 Å². The molecule has 3 heterocycles. The largest absolute Gasteiger partial charge is 0.381 e. The second kappa shape index (κ2) is 11.6. The van der Waals surface area contributed by atoms with E-state index in [-0.39, 0.29) is 17.0 Å². The van der Waals surface area contributed by atoms with E-state index in [0.29, 0.717) is 58.5 Å². The molecule has 0 unspecified atom stereocenters. The number of urea groups is 1. The van der Waals surface area contributed by atoms with Crippen LogP contribution in [0.1, 0.15) is 12.0 Å². The zero-order chi connectivity index (χ0) is 23.1. The molecule has 0 aromatic heterocycles. The van der Waals surface area contributed by atoms with E-state index < -0.39 is 10.0 Å². The van der Waals surface area contributed by atoms with E-state index >= 15 is 0 Å². The monoisotopic (exact) mass is 482 g/mol. The third-order valence-electron chi connectivity index (χ3n) is 6.48. The number of carbonyl (C=O) groups excluding carboxylic acids is 1. The van der Waals surface area contributed by atoms with Gasteiger partial charge < -0.3 is 24.8 Å². The summed E-state index contributed by atoms with van der Waals surface area (Å²) >= 11 is 0. The van der Waals surface area contributed by atoms with Crippen LogP contribution in [0.3, 0.4) is 0 Å². The summed E-state index contributed by atoms with van der Waals surface area (Å²) in [5, 5.41) is 5.87. The predicted molar refractivity (Wildman–Crippen MR) is 121 cm³/mol. The Kier molecular flexibility index (Phi) is 8.55. The average Bonchev–Trinajstić information content (AvgIpc) is 3.39. The summed E-state index contributed by atoms with van der Waals surface area (Å²) in [6.45, 7) is 7.09. The Labute approximate surface area is 195 Å². The fourth-order valence-electron chi connectivity index (χ4n) is 4.52. The summed E-state index contributed by atoms with van der Waals surface area (Å²) in [5.41, 5.74) is 0.833. The lowest BCUT2D eigenvalue weighted by Gasteiger charge is -2.37. The van der Waals surface area contributed by atoms with Crippen LogP contribution in [0.25, 0.3) is 0 Å².